The zero-order chi connectivity index (χ0) is 32.8. The van der Waals surface area contributed by atoms with Crippen molar-refractivity contribution in [3.63, 3.8) is 0 Å². The Morgan fingerprint density at radius 3 is 2.38 bits per heavy atom. The molecule has 10 nitrogen and oxygen atoms in total. The molecule has 1 atom stereocenters. The number of imide groups is 1. The summed E-state index contributed by atoms with van der Waals surface area (Å²) >= 11 is 0. The van der Waals surface area contributed by atoms with Crippen LogP contribution in [0.25, 0.3) is 11.3 Å². The van der Waals surface area contributed by atoms with E-state index in [1.807, 2.05) is 98.9 Å². The first-order chi connectivity index (χ1) is 22.8. The quantitative estimate of drug-likeness (QED) is 0.161. The van der Waals surface area contributed by atoms with Crippen LogP contribution in [0.2, 0.25) is 0 Å². The summed E-state index contributed by atoms with van der Waals surface area (Å²) in [6.07, 6.45) is 6.08. The van der Waals surface area contributed by atoms with E-state index in [4.69, 9.17) is 0 Å². The highest BCUT2D eigenvalue weighted by Crippen LogP contribution is 2.26. The van der Waals surface area contributed by atoms with Gasteiger partial charge in [-0.2, -0.15) is 0 Å². The van der Waals surface area contributed by atoms with Gasteiger partial charge in [0.25, 0.3) is 5.91 Å². The van der Waals surface area contributed by atoms with Gasteiger partial charge in [0, 0.05) is 60.6 Å². The van der Waals surface area contributed by atoms with Crippen molar-refractivity contribution in [3.05, 3.63) is 131 Å². The topological polar surface area (TPSA) is 129 Å². The third-order valence-electron chi connectivity index (χ3n) is 8.10. The highest BCUT2D eigenvalue weighted by molar-refractivity contribution is 6.04. The zero-order valence-electron chi connectivity index (χ0n) is 26.2. The molecule has 1 saturated heterocycles. The number of carbonyl (C=O) groups excluding carboxylic acids is 3. The van der Waals surface area contributed by atoms with Crippen molar-refractivity contribution in [2.45, 2.75) is 38.8 Å². The van der Waals surface area contributed by atoms with Crippen molar-refractivity contribution in [2.75, 3.05) is 17.7 Å². The molecule has 47 heavy (non-hydrogen) atoms. The van der Waals surface area contributed by atoms with E-state index in [1.165, 1.54) is 0 Å². The Kier molecular flexibility index (Phi) is 9.40. The van der Waals surface area contributed by atoms with E-state index in [0.717, 1.165) is 45.7 Å². The number of aryl methyl sites for hydroxylation is 1. The average Bonchev–Trinajstić information content (AvgIpc) is 3.07. The van der Waals surface area contributed by atoms with Crippen molar-refractivity contribution in [1.29, 1.82) is 0 Å². The second kappa shape index (κ2) is 14.1. The summed E-state index contributed by atoms with van der Waals surface area (Å²) in [5.41, 5.74) is 7.77. The van der Waals surface area contributed by atoms with Crippen LogP contribution in [-0.2, 0) is 22.7 Å². The van der Waals surface area contributed by atoms with Crippen molar-refractivity contribution in [1.82, 2.24) is 25.2 Å². The predicted molar refractivity (Wildman–Crippen MR) is 181 cm³/mol. The standard InChI is InChI=1S/C37H35N7O3/c1-24-5-14-30(20-33(24)42-37-39-19-17-32(41-37)29-4-3-18-38-21-29)40-35(46)28-12-8-26(9-13-28)23-44(2)22-25-6-10-27(11-7-25)31-15-16-34(45)43-36(31)47/h3-14,17-21,31H,15-16,22-23H2,1-2H3,(H,40,46)(H,39,41,42)(H,43,45,47). The molecule has 1 aliphatic rings. The summed E-state index contributed by atoms with van der Waals surface area (Å²) < 4.78 is 0. The molecule has 5 aromatic rings. The molecule has 0 radical (unpaired) electrons. The molecule has 1 unspecified atom stereocenters. The Morgan fingerprint density at radius 2 is 1.68 bits per heavy atom. The number of anilines is 3. The number of nitrogens with one attached hydrogen (secondary N) is 3. The minimum absolute atomic E-state index is 0.203. The van der Waals surface area contributed by atoms with Crippen LogP contribution in [0.4, 0.5) is 17.3 Å². The normalized spacial score (nSPS) is 14.5. The van der Waals surface area contributed by atoms with E-state index in [1.54, 1.807) is 18.6 Å². The smallest absolute Gasteiger partial charge is 0.255 e. The maximum atomic E-state index is 13.1. The lowest BCUT2D eigenvalue weighted by molar-refractivity contribution is -0.134. The van der Waals surface area contributed by atoms with Crippen LogP contribution in [0, 0.1) is 6.92 Å². The van der Waals surface area contributed by atoms with Gasteiger partial charge >= 0.3 is 0 Å². The fourth-order valence-electron chi connectivity index (χ4n) is 5.56. The highest BCUT2D eigenvalue weighted by atomic mass is 16.2. The molecule has 10 heteroatoms. The minimum atomic E-state index is -0.282. The number of benzene rings is 3. The molecule has 1 fully saturated rings. The van der Waals surface area contributed by atoms with Gasteiger partial charge in [-0.25, -0.2) is 9.97 Å². The Bertz CT molecular complexity index is 1890. The lowest BCUT2D eigenvalue weighted by Crippen LogP contribution is -2.39. The van der Waals surface area contributed by atoms with Crippen LogP contribution >= 0.6 is 0 Å². The van der Waals surface area contributed by atoms with Gasteiger partial charge in [0.05, 0.1) is 11.6 Å². The van der Waals surface area contributed by atoms with E-state index >= 15 is 0 Å². The van der Waals surface area contributed by atoms with E-state index in [-0.39, 0.29) is 23.6 Å². The Labute approximate surface area is 273 Å². The molecular formula is C37H35N7O3. The van der Waals surface area contributed by atoms with Gasteiger partial charge in [0.1, 0.15) is 0 Å². The molecule has 236 valence electrons. The van der Waals surface area contributed by atoms with Crippen LogP contribution < -0.4 is 16.0 Å². The number of nitrogens with zero attached hydrogens (tertiary/aromatic N) is 4. The van der Waals surface area contributed by atoms with Gasteiger partial charge in [0.2, 0.25) is 17.8 Å². The first kappa shape index (κ1) is 31.3. The van der Waals surface area contributed by atoms with Gasteiger partial charge in [-0.1, -0.05) is 42.5 Å². The number of pyridine rings is 1. The first-order valence-corrected chi connectivity index (χ1v) is 15.4. The molecule has 3 N–H and O–H groups in total. The van der Waals surface area contributed by atoms with Gasteiger partial charge < -0.3 is 10.6 Å². The minimum Gasteiger partial charge on any atom is -0.324 e. The predicted octanol–water partition coefficient (Wildman–Crippen LogP) is 6.00. The largest absolute Gasteiger partial charge is 0.324 e. The highest BCUT2D eigenvalue weighted by Gasteiger charge is 2.27. The summed E-state index contributed by atoms with van der Waals surface area (Å²) in [6, 6.07) is 26.9. The fraction of sp³-hybridized carbons (Fsp3) is 0.189. The van der Waals surface area contributed by atoms with Crippen LogP contribution in [0.1, 0.15) is 51.4 Å². The lowest BCUT2D eigenvalue weighted by atomic mass is 9.90. The third kappa shape index (κ3) is 7.92. The van der Waals surface area contributed by atoms with E-state index in [0.29, 0.717) is 36.6 Å². The maximum absolute atomic E-state index is 13.1. The molecule has 6 rings (SSSR count). The van der Waals surface area contributed by atoms with Gasteiger partial charge in [-0.3, -0.25) is 29.6 Å². The number of amides is 3. The van der Waals surface area contributed by atoms with Crippen molar-refractivity contribution >= 4 is 35.0 Å². The van der Waals surface area contributed by atoms with Gasteiger partial charge in [-0.05, 0) is 85.1 Å². The van der Waals surface area contributed by atoms with E-state index in [9.17, 15) is 14.4 Å². The Hall–Kier alpha value is -5.74. The number of hydrogen-bond donors (Lipinski definition) is 3. The second-order valence-electron chi connectivity index (χ2n) is 11.7. The Morgan fingerprint density at radius 1 is 0.936 bits per heavy atom. The zero-order valence-corrected chi connectivity index (χ0v) is 26.2. The Balaban J connectivity index is 1.03. The number of piperidine rings is 1. The number of rotatable bonds is 10. The number of carbonyl (C=O) groups is 3. The maximum Gasteiger partial charge on any atom is 0.255 e. The fourth-order valence-corrected chi connectivity index (χ4v) is 5.56. The molecule has 3 heterocycles. The van der Waals surface area contributed by atoms with Gasteiger partial charge in [-0.15, -0.1) is 0 Å². The van der Waals surface area contributed by atoms with E-state index in [2.05, 4.69) is 35.8 Å². The monoisotopic (exact) mass is 625 g/mol. The summed E-state index contributed by atoms with van der Waals surface area (Å²) in [7, 11) is 2.04. The third-order valence-corrected chi connectivity index (χ3v) is 8.10. The first-order valence-electron chi connectivity index (χ1n) is 15.4. The summed E-state index contributed by atoms with van der Waals surface area (Å²) in [6.45, 7) is 3.40. The molecule has 0 bridgehead atoms. The molecule has 0 aliphatic carbocycles. The second-order valence-corrected chi connectivity index (χ2v) is 11.7. The number of aromatic nitrogens is 3. The van der Waals surface area contributed by atoms with Crippen LogP contribution in [0.5, 0.6) is 0 Å². The molecule has 3 aromatic carbocycles. The molecular weight excluding hydrogens is 590 g/mol. The molecule has 2 aromatic heterocycles. The molecule has 1 aliphatic heterocycles. The summed E-state index contributed by atoms with van der Waals surface area (Å²) in [5.74, 6) is -0.468. The SMILES string of the molecule is Cc1ccc(NC(=O)c2ccc(CN(C)Cc3ccc(C4CCC(=O)NC4=O)cc3)cc2)cc1Nc1nccc(-c2cccnc2)n1. The van der Waals surface area contributed by atoms with Crippen molar-refractivity contribution in [2.24, 2.45) is 0 Å². The number of hydrogen-bond acceptors (Lipinski definition) is 8. The van der Waals surface area contributed by atoms with Crippen LogP contribution in [0.15, 0.2) is 104 Å². The van der Waals surface area contributed by atoms with Gasteiger partial charge in [0.15, 0.2) is 0 Å². The van der Waals surface area contributed by atoms with Crippen LogP contribution in [0.3, 0.4) is 0 Å². The average molecular weight is 626 g/mol. The summed E-state index contributed by atoms with van der Waals surface area (Å²) in [4.78, 5) is 52.1. The van der Waals surface area contributed by atoms with E-state index < -0.39 is 0 Å². The molecule has 0 spiro atoms. The van der Waals surface area contributed by atoms with Crippen molar-refractivity contribution in [3.8, 4) is 11.3 Å². The lowest BCUT2D eigenvalue weighted by Gasteiger charge is -2.22. The van der Waals surface area contributed by atoms with Crippen LogP contribution in [-0.4, -0.2) is 44.6 Å². The molecule has 3 amide bonds. The van der Waals surface area contributed by atoms with Crippen molar-refractivity contribution < 1.29 is 14.4 Å². The molecule has 0 saturated carbocycles. The summed E-state index contributed by atoms with van der Waals surface area (Å²) in [5, 5.41) is 8.69.